The number of carbonyl (C=O) groups excluding carboxylic acids is 1. The van der Waals surface area contributed by atoms with E-state index in [-0.39, 0.29) is 18.0 Å². The Labute approximate surface area is 170 Å². The minimum Gasteiger partial charge on any atom is -0.496 e. The Balaban J connectivity index is 1.34. The quantitative estimate of drug-likeness (QED) is 0.591. The second-order valence-electron chi connectivity index (χ2n) is 7.53. The van der Waals surface area contributed by atoms with Crippen molar-refractivity contribution >= 4 is 16.8 Å². The third-order valence-corrected chi connectivity index (χ3v) is 5.78. The zero-order valence-corrected chi connectivity index (χ0v) is 17.3. The Kier molecular flexibility index (Phi) is 5.29. The molecule has 1 fully saturated rings. The number of nitrogens with one attached hydrogen (secondary N) is 3. The Morgan fingerprint density at radius 2 is 2.14 bits per heavy atom. The van der Waals surface area contributed by atoms with Crippen LogP contribution < -0.4 is 20.9 Å². The third kappa shape index (κ3) is 3.61. The van der Waals surface area contributed by atoms with Crippen LogP contribution in [0.2, 0.25) is 0 Å². The van der Waals surface area contributed by atoms with Crippen molar-refractivity contribution in [2.45, 2.75) is 38.9 Å². The van der Waals surface area contributed by atoms with Gasteiger partial charge in [-0.3, -0.25) is 9.48 Å². The van der Waals surface area contributed by atoms with Crippen molar-refractivity contribution in [1.82, 2.24) is 30.5 Å². The number of hydrogen-bond donors (Lipinski definition) is 3. The summed E-state index contributed by atoms with van der Waals surface area (Å²) in [4.78, 5) is 12.6. The number of aryl methyl sites for hydroxylation is 2. The smallest absolute Gasteiger partial charge is 0.238 e. The lowest BCUT2D eigenvalue weighted by Gasteiger charge is -2.12. The first-order chi connectivity index (χ1) is 14.0. The first-order valence-electron chi connectivity index (χ1n) is 9.90. The minimum absolute atomic E-state index is 0.00763. The Bertz CT molecular complexity index is 1040. The van der Waals surface area contributed by atoms with Crippen molar-refractivity contribution in [1.29, 1.82) is 0 Å². The van der Waals surface area contributed by atoms with Gasteiger partial charge in [-0.05, 0) is 38.5 Å². The average molecular weight is 396 g/mol. The molecule has 2 aromatic heterocycles. The molecule has 1 aliphatic heterocycles. The molecule has 2 atom stereocenters. The van der Waals surface area contributed by atoms with Crippen LogP contribution in [0.1, 0.15) is 29.4 Å². The van der Waals surface area contributed by atoms with E-state index in [0.717, 1.165) is 28.0 Å². The van der Waals surface area contributed by atoms with Gasteiger partial charge in [-0.2, -0.15) is 5.10 Å². The molecule has 0 aliphatic carbocycles. The molecular weight excluding hydrogens is 368 g/mol. The number of hydrazine groups is 1. The predicted octanol–water partition coefficient (Wildman–Crippen LogP) is 1.72. The monoisotopic (exact) mass is 396 g/mol. The van der Waals surface area contributed by atoms with Gasteiger partial charge in [0.15, 0.2) is 0 Å². The Morgan fingerprint density at radius 1 is 1.31 bits per heavy atom. The number of hydrogen-bond acceptors (Lipinski definition) is 5. The molecular formula is C21H28N6O2. The average Bonchev–Trinajstić information content (AvgIpc) is 3.40. The van der Waals surface area contributed by atoms with Crippen LogP contribution in [0.15, 0.2) is 30.5 Å². The molecule has 1 aromatic carbocycles. The van der Waals surface area contributed by atoms with Crippen molar-refractivity contribution in [3.05, 3.63) is 47.4 Å². The molecule has 4 rings (SSSR count). The fraction of sp³-hybridized carbons (Fsp3) is 0.429. The summed E-state index contributed by atoms with van der Waals surface area (Å²) >= 11 is 0. The molecule has 0 saturated carbocycles. The van der Waals surface area contributed by atoms with E-state index >= 15 is 0 Å². The Hall–Kier alpha value is -2.84. The third-order valence-electron chi connectivity index (χ3n) is 5.78. The van der Waals surface area contributed by atoms with Gasteiger partial charge in [0.05, 0.1) is 24.4 Å². The van der Waals surface area contributed by atoms with Gasteiger partial charge >= 0.3 is 0 Å². The first-order valence-corrected chi connectivity index (χ1v) is 9.90. The van der Waals surface area contributed by atoms with Crippen LogP contribution in [-0.2, 0) is 18.4 Å². The van der Waals surface area contributed by atoms with Crippen LogP contribution in [0.5, 0.6) is 5.75 Å². The van der Waals surface area contributed by atoms with E-state index in [1.165, 1.54) is 5.56 Å². The fourth-order valence-corrected chi connectivity index (χ4v) is 4.20. The van der Waals surface area contributed by atoms with Gasteiger partial charge in [0.2, 0.25) is 5.91 Å². The lowest BCUT2D eigenvalue weighted by Crippen LogP contribution is -2.44. The van der Waals surface area contributed by atoms with E-state index in [1.807, 2.05) is 43.0 Å². The number of fused-ring (bicyclic) bond motifs is 1. The highest BCUT2D eigenvalue weighted by atomic mass is 16.5. The lowest BCUT2D eigenvalue weighted by molar-refractivity contribution is -0.122. The van der Waals surface area contributed by atoms with Crippen molar-refractivity contribution in [2.75, 3.05) is 13.7 Å². The number of rotatable bonds is 6. The van der Waals surface area contributed by atoms with Crippen LogP contribution in [0, 0.1) is 13.8 Å². The number of aromatic nitrogens is 3. The summed E-state index contributed by atoms with van der Waals surface area (Å²) in [6.07, 6.45) is 2.72. The van der Waals surface area contributed by atoms with Crippen LogP contribution in [0.25, 0.3) is 10.9 Å². The molecule has 8 heteroatoms. The topological polar surface area (TPSA) is 85.1 Å². The molecule has 3 aromatic rings. The van der Waals surface area contributed by atoms with Crippen LogP contribution in [0.4, 0.5) is 0 Å². The molecule has 0 bridgehead atoms. The van der Waals surface area contributed by atoms with Crippen LogP contribution in [-0.4, -0.2) is 40.0 Å². The fourth-order valence-electron chi connectivity index (χ4n) is 4.20. The van der Waals surface area contributed by atoms with Gasteiger partial charge in [-0.15, -0.1) is 0 Å². The summed E-state index contributed by atoms with van der Waals surface area (Å²) in [5, 5.41) is 8.60. The second-order valence-corrected chi connectivity index (χ2v) is 7.53. The summed E-state index contributed by atoms with van der Waals surface area (Å²) < 4.78 is 9.43. The second kappa shape index (κ2) is 7.88. The van der Waals surface area contributed by atoms with E-state index in [0.29, 0.717) is 19.5 Å². The molecule has 1 saturated heterocycles. The minimum atomic E-state index is -0.263. The van der Waals surface area contributed by atoms with Gasteiger partial charge in [-0.1, -0.05) is 6.07 Å². The number of amides is 1. The van der Waals surface area contributed by atoms with Crippen LogP contribution >= 0.6 is 0 Å². The Morgan fingerprint density at radius 3 is 2.86 bits per heavy atom. The maximum Gasteiger partial charge on any atom is 0.238 e. The van der Waals surface area contributed by atoms with Gasteiger partial charge in [0.25, 0.3) is 0 Å². The molecule has 3 N–H and O–H groups in total. The number of methoxy groups -OCH3 is 1. The number of nitrogens with zero attached hydrogens (tertiary/aromatic N) is 3. The van der Waals surface area contributed by atoms with Gasteiger partial charge in [0.1, 0.15) is 11.8 Å². The SMILES string of the molecule is COc1cccc2c1ccn2CCNC(=O)C1CC(c2c(C)nn(C)c2C)NN1. The van der Waals surface area contributed by atoms with Crippen LogP contribution in [0.3, 0.4) is 0 Å². The van der Waals surface area contributed by atoms with E-state index in [4.69, 9.17) is 4.74 Å². The lowest BCUT2D eigenvalue weighted by atomic mass is 10.00. The molecule has 3 heterocycles. The van der Waals surface area contributed by atoms with Gasteiger partial charge in [-0.25, -0.2) is 10.9 Å². The first kappa shape index (κ1) is 19.5. The summed E-state index contributed by atoms with van der Waals surface area (Å²) in [7, 11) is 3.62. The van der Waals surface area contributed by atoms with Crippen molar-refractivity contribution in [3.63, 3.8) is 0 Å². The summed E-state index contributed by atoms with van der Waals surface area (Å²) in [5.41, 5.74) is 10.8. The molecule has 8 nitrogen and oxygen atoms in total. The molecule has 29 heavy (non-hydrogen) atoms. The van der Waals surface area contributed by atoms with Crippen molar-refractivity contribution in [3.8, 4) is 5.75 Å². The van der Waals surface area contributed by atoms with E-state index in [9.17, 15) is 4.79 Å². The van der Waals surface area contributed by atoms with E-state index in [1.54, 1.807) is 7.11 Å². The largest absolute Gasteiger partial charge is 0.496 e. The standard InChI is InChI=1S/C21H28N6O2/c1-13-20(14(2)26(3)25-13)16-12-17(24-23-16)21(28)22-9-11-27-10-8-15-18(27)6-5-7-19(15)29-4/h5-8,10,16-17,23-24H,9,11-12H2,1-4H3,(H,22,28). The van der Waals surface area contributed by atoms with Crippen molar-refractivity contribution in [2.24, 2.45) is 7.05 Å². The highest BCUT2D eigenvalue weighted by molar-refractivity contribution is 5.86. The molecule has 154 valence electrons. The van der Waals surface area contributed by atoms with Gasteiger partial charge < -0.3 is 14.6 Å². The van der Waals surface area contributed by atoms with Crippen molar-refractivity contribution < 1.29 is 9.53 Å². The molecule has 0 spiro atoms. The summed E-state index contributed by atoms with van der Waals surface area (Å²) in [6, 6.07) is 7.86. The summed E-state index contributed by atoms with van der Waals surface area (Å²) in [5.74, 6) is 0.867. The van der Waals surface area contributed by atoms with E-state index in [2.05, 4.69) is 38.8 Å². The number of carbonyl (C=O) groups is 1. The number of ether oxygens (including phenoxy) is 1. The highest BCUT2D eigenvalue weighted by Gasteiger charge is 2.32. The zero-order valence-electron chi connectivity index (χ0n) is 17.3. The maximum absolute atomic E-state index is 12.6. The zero-order chi connectivity index (χ0) is 20.5. The summed E-state index contributed by atoms with van der Waals surface area (Å²) in [6.45, 7) is 5.33. The molecule has 1 aliphatic rings. The molecule has 2 unspecified atom stereocenters. The number of benzene rings is 1. The molecule has 1 amide bonds. The predicted molar refractivity (Wildman–Crippen MR) is 112 cm³/mol. The highest BCUT2D eigenvalue weighted by Crippen LogP contribution is 2.28. The molecule has 0 radical (unpaired) electrons. The van der Waals surface area contributed by atoms with Gasteiger partial charge in [0, 0.05) is 43.0 Å². The normalized spacial score (nSPS) is 19.0. The van der Waals surface area contributed by atoms with E-state index < -0.39 is 0 Å². The maximum atomic E-state index is 12.6.